The molecule has 2 heterocycles. The van der Waals surface area contributed by atoms with Gasteiger partial charge in [0.05, 0.1) is 10.5 Å². The molecule has 1 fully saturated rings. The SMILES string of the molecule is Cc1onc2c1c(=O)n(C1CCCC(CNC(=O)OCc3ccccc3)C1)c1cccc(Cl)c21. The molecule has 0 radical (unpaired) electrons. The van der Waals surface area contributed by atoms with Gasteiger partial charge in [0.25, 0.3) is 5.56 Å². The summed E-state index contributed by atoms with van der Waals surface area (Å²) in [5.41, 5.74) is 2.11. The quantitative estimate of drug-likeness (QED) is 0.393. The Kier molecular flexibility index (Phi) is 6.28. The fourth-order valence-electron chi connectivity index (χ4n) is 5.02. The van der Waals surface area contributed by atoms with E-state index in [2.05, 4.69) is 10.5 Å². The highest BCUT2D eigenvalue weighted by Gasteiger charge is 2.28. The maximum absolute atomic E-state index is 13.6. The van der Waals surface area contributed by atoms with Crippen molar-refractivity contribution >= 4 is 39.5 Å². The van der Waals surface area contributed by atoms with Crippen LogP contribution in [0.15, 0.2) is 57.8 Å². The van der Waals surface area contributed by atoms with Crippen molar-refractivity contribution in [1.82, 2.24) is 15.0 Å². The number of hydrogen-bond donors (Lipinski definition) is 1. The van der Waals surface area contributed by atoms with Crippen molar-refractivity contribution in [2.24, 2.45) is 5.92 Å². The lowest BCUT2D eigenvalue weighted by Gasteiger charge is -2.31. The van der Waals surface area contributed by atoms with Crippen molar-refractivity contribution in [2.75, 3.05) is 6.54 Å². The van der Waals surface area contributed by atoms with Gasteiger partial charge in [0, 0.05) is 18.0 Å². The van der Waals surface area contributed by atoms with Gasteiger partial charge in [-0.3, -0.25) is 4.79 Å². The molecule has 2 aromatic heterocycles. The average molecular weight is 480 g/mol. The average Bonchev–Trinajstić information content (AvgIpc) is 3.24. The maximum atomic E-state index is 13.6. The fraction of sp³-hybridized carbons (Fsp3) is 0.346. The van der Waals surface area contributed by atoms with Gasteiger partial charge in [-0.15, -0.1) is 0 Å². The van der Waals surface area contributed by atoms with Crippen LogP contribution < -0.4 is 10.9 Å². The van der Waals surface area contributed by atoms with Crippen LogP contribution >= 0.6 is 11.6 Å². The number of aromatic nitrogens is 2. The number of carbonyl (C=O) groups is 1. The zero-order valence-corrected chi connectivity index (χ0v) is 19.7. The summed E-state index contributed by atoms with van der Waals surface area (Å²) < 4.78 is 12.5. The van der Waals surface area contributed by atoms with E-state index in [1.165, 1.54) is 0 Å². The molecular formula is C26H26ClN3O4. The van der Waals surface area contributed by atoms with E-state index in [9.17, 15) is 9.59 Å². The van der Waals surface area contributed by atoms with Crippen LogP contribution in [0.4, 0.5) is 4.79 Å². The first-order valence-corrected chi connectivity index (χ1v) is 11.9. The number of hydrogen-bond acceptors (Lipinski definition) is 5. The number of rotatable bonds is 5. The highest BCUT2D eigenvalue weighted by Crippen LogP contribution is 2.36. The molecule has 1 N–H and O–H groups in total. The Morgan fingerprint density at radius 2 is 2.00 bits per heavy atom. The number of ether oxygens (including phenoxy) is 1. The van der Waals surface area contributed by atoms with Crippen LogP contribution in [-0.4, -0.2) is 22.4 Å². The monoisotopic (exact) mass is 479 g/mol. The maximum Gasteiger partial charge on any atom is 0.407 e. The molecule has 7 nitrogen and oxygen atoms in total. The third-order valence-corrected chi connectivity index (χ3v) is 6.97. The minimum absolute atomic E-state index is 0.00643. The summed E-state index contributed by atoms with van der Waals surface area (Å²) >= 11 is 6.54. The van der Waals surface area contributed by atoms with Crippen LogP contribution in [0.3, 0.4) is 0 Å². The van der Waals surface area contributed by atoms with Crippen molar-refractivity contribution < 1.29 is 14.1 Å². The normalized spacial score (nSPS) is 18.3. The standard InChI is InChI=1S/C26H26ClN3O4/c1-16-22-24(29-34-16)23-20(27)11-6-12-21(23)30(25(22)31)19-10-5-9-18(13-19)14-28-26(32)33-15-17-7-3-2-4-8-17/h2-4,6-8,11-12,18-19H,5,9-10,13-15H2,1H3,(H,28,32). The molecule has 4 aromatic rings. The molecule has 8 heteroatoms. The van der Waals surface area contributed by atoms with Crippen molar-refractivity contribution in [3.05, 3.63) is 75.2 Å². The minimum atomic E-state index is -0.429. The van der Waals surface area contributed by atoms with Gasteiger partial charge in [-0.2, -0.15) is 0 Å². The van der Waals surface area contributed by atoms with Crippen molar-refractivity contribution in [2.45, 2.75) is 45.3 Å². The number of amides is 1. The topological polar surface area (TPSA) is 86.4 Å². The summed E-state index contributed by atoms with van der Waals surface area (Å²) in [4.78, 5) is 25.8. The van der Waals surface area contributed by atoms with Gasteiger partial charge >= 0.3 is 6.09 Å². The summed E-state index contributed by atoms with van der Waals surface area (Å²) in [6.45, 7) is 2.49. The lowest BCUT2D eigenvalue weighted by molar-refractivity contribution is 0.135. The molecule has 2 atom stereocenters. The highest BCUT2D eigenvalue weighted by molar-refractivity contribution is 6.37. The third-order valence-electron chi connectivity index (χ3n) is 6.65. The molecular weight excluding hydrogens is 454 g/mol. The molecule has 0 saturated heterocycles. The molecule has 1 amide bonds. The van der Waals surface area contributed by atoms with Crippen LogP contribution in [0.25, 0.3) is 21.8 Å². The van der Waals surface area contributed by atoms with Gasteiger partial charge in [0.2, 0.25) is 0 Å². The third kappa shape index (κ3) is 4.28. The summed E-state index contributed by atoms with van der Waals surface area (Å²) in [7, 11) is 0. The van der Waals surface area contributed by atoms with Crippen LogP contribution in [0.5, 0.6) is 0 Å². The van der Waals surface area contributed by atoms with E-state index < -0.39 is 6.09 Å². The Hall–Kier alpha value is -3.32. The van der Waals surface area contributed by atoms with Crippen LogP contribution in [0.1, 0.15) is 43.0 Å². The molecule has 0 bridgehead atoms. The van der Waals surface area contributed by atoms with E-state index in [0.717, 1.165) is 42.1 Å². The lowest BCUT2D eigenvalue weighted by Crippen LogP contribution is -2.35. The number of nitrogens with zero attached hydrogens (tertiary/aromatic N) is 2. The largest absolute Gasteiger partial charge is 0.445 e. The first-order valence-electron chi connectivity index (χ1n) is 11.6. The number of fused-ring (bicyclic) bond motifs is 3. The zero-order valence-electron chi connectivity index (χ0n) is 18.9. The number of carbonyl (C=O) groups excluding carboxylic acids is 1. The molecule has 1 saturated carbocycles. The number of alkyl carbamates (subject to hydrolysis) is 1. The van der Waals surface area contributed by atoms with Gasteiger partial charge in [-0.05, 0) is 49.8 Å². The smallest absolute Gasteiger partial charge is 0.407 e. The number of nitrogens with one attached hydrogen (secondary N) is 1. The molecule has 5 rings (SSSR count). The van der Waals surface area contributed by atoms with Crippen LogP contribution in [-0.2, 0) is 11.3 Å². The molecule has 1 aliphatic rings. The summed E-state index contributed by atoms with van der Waals surface area (Å²) in [6.07, 6.45) is 3.17. The van der Waals surface area contributed by atoms with Crippen molar-refractivity contribution in [3.8, 4) is 0 Å². The Morgan fingerprint density at radius 1 is 1.18 bits per heavy atom. The second kappa shape index (κ2) is 9.50. The Bertz CT molecular complexity index is 1400. The minimum Gasteiger partial charge on any atom is -0.445 e. The molecule has 0 spiro atoms. The van der Waals surface area contributed by atoms with Gasteiger partial charge in [-0.25, -0.2) is 4.79 Å². The van der Waals surface area contributed by atoms with Gasteiger partial charge in [0.1, 0.15) is 23.3 Å². The molecule has 34 heavy (non-hydrogen) atoms. The van der Waals surface area contributed by atoms with Crippen LogP contribution in [0, 0.1) is 12.8 Å². The first kappa shape index (κ1) is 22.5. The molecule has 0 aliphatic heterocycles. The summed E-state index contributed by atoms with van der Waals surface area (Å²) in [6, 6.07) is 15.1. The number of benzene rings is 2. The zero-order chi connectivity index (χ0) is 23.7. The van der Waals surface area contributed by atoms with E-state index in [1.807, 2.05) is 47.0 Å². The first-order chi connectivity index (χ1) is 16.5. The fourth-order valence-corrected chi connectivity index (χ4v) is 5.28. The second-order valence-corrected chi connectivity index (χ2v) is 9.31. The second-order valence-electron chi connectivity index (χ2n) is 8.90. The predicted octanol–water partition coefficient (Wildman–Crippen LogP) is 5.76. The molecule has 2 unspecified atom stereocenters. The number of halogens is 1. The van der Waals surface area contributed by atoms with Gasteiger partial charge < -0.3 is 19.1 Å². The van der Waals surface area contributed by atoms with Gasteiger partial charge in [0.15, 0.2) is 0 Å². The van der Waals surface area contributed by atoms with Crippen molar-refractivity contribution in [1.29, 1.82) is 0 Å². The van der Waals surface area contributed by atoms with E-state index in [1.54, 1.807) is 13.0 Å². The van der Waals surface area contributed by atoms with E-state index in [0.29, 0.717) is 28.2 Å². The van der Waals surface area contributed by atoms with Gasteiger partial charge in [-0.1, -0.05) is 59.6 Å². The van der Waals surface area contributed by atoms with Crippen molar-refractivity contribution in [3.63, 3.8) is 0 Å². The Labute approximate surface area is 201 Å². The summed E-state index contributed by atoms with van der Waals surface area (Å²) in [5.74, 6) is 0.731. The Morgan fingerprint density at radius 3 is 2.82 bits per heavy atom. The van der Waals surface area contributed by atoms with E-state index in [4.69, 9.17) is 20.9 Å². The highest BCUT2D eigenvalue weighted by atomic mass is 35.5. The Balaban J connectivity index is 1.34. The number of pyridine rings is 1. The number of aryl methyl sites for hydroxylation is 1. The summed E-state index contributed by atoms with van der Waals surface area (Å²) in [5, 5.41) is 8.77. The molecule has 1 aliphatic carbocycles. The molecule has 176 valence electrons. The van der Waals surface area contributed by atoms with E-state index >= 15 is 0 Å². The van der Waals surface area contributed by atoms with E-state index in [-0.39, 0.29) is 24.1 Å². The van der Waals surface area contributed by atoms with Crippen LogP contribution in [0.2, 0.25) is 5.02 Å². The molecule has 2 aromatic carbocycles. The lowest BCUT2D eigenvalue weighted by atomic mass is 9.85. The predicted molar refractivity (Wildman–Crippen MR) is 131 cm³/mol.